The van der Waals surface area contributed by atoms with E-state index >= 15 is 0 Å². The monoisotopic (exact) mass is 442 g/mol. The molecule has 4 saturated carbocycles. The molecule has 0 aliphatic heterocycles. The van der Waals surface area contributed by atoms with E-state index in [1.807, 2.05) is 6.92 Å². The lowest BCUT2D eigenvalue weighted by Gasteiger charge is -2.64. The Morgan fingerprint density at radius 1 is 1.16 bits per heavy atom. The van der Waals surface area contributed by atoms with Gasteiger partial charge in [0, 0.05) is 12.5 Å². The van der Waals surface area contributed by atoms with Crippen molar-refractivity contribution in [2.75, 3.05) is 0 Å². The quantitative estimate of drug-likeness (QED) is 0.575. The van der Waals surface area contributed by atoms with Crippen molar-refractivity contribution >= 4 is 17.1 Å². The van der Waals surface area contributed by atoms with Crippen molar-refractivity contribution < 1.29 is 9.90 Å². The Balaban J connectivity index is 1.61. The number of carbonyl (C=O) groups is 1. The lowest BCUT2D eigenvalue weighted by molar-refractivity contribution is -0.156. The molecule has 174 valence electrons. The normalized spacial score (nSPS) is 31.9. The summed E-state index contributed by atoms with van der Waals surface area (Å²) in [6.45, 7) is 4.67. The summed E-state index contributed by atoms with van der Waals surface area (Å²) in [7, 11) is 0. The van der Waals surface area contributed by atoms with Crippen molar-refractivity contribution in [1.82, 2.24) is 19.5 Å². The summed E-state index contributed by atoms with van der Waals surface area (Å²) >= 11 is 0. The second kappa shape index (κ2) is 7.59. The average Bonchev–Trinajstić information content (AvgIpc) is 3.12. The predicted octanol–water partition coefficient (Wildman–Crippen LogP) is 3.77. The molecule has 3 atom stereocenters. The first kappa shape index (κ1) is 21.5. The highest BCUT2D eigenvalue weighted by molar-refractivity contribution is 5.70. The number of nitrogens with zero attached hydrogens (tertiary/aromatic N) is 2. The van der Waals surface area contributed by atoms with Crippen LogP contribution < -0.4 is 11.2 Å². The second-order valence-electron chi connectivity index (χ2n) is 11.0. The fraction of sp³-hybridized carbons (Fsp3) is 0.750. The predicted molar refractivity (Wildman–Crippen MR) is 121 cm³/mol. The summed E-state index contributed by atoms with van der Waals surface area (Å²) in [5.74, 6) is 1.42. The maximum Gasteiger partial charge on any atom is 0.330 e. The Morgan fingerprint density at radius 3 is 2.50 bits per heavy atom. The maximum atomic E-state index is 12.6. The van der Waals surface area contributed by atoms with Gasteiger partial charge in [-0.2, -0.15) is 0 Å². The highest BCUT2D eigenvalue weighted by Gasteiger charge is 2.60. The van der Waals surface area contributed by atoms with Crippen molar-refractivity contribution in [2.45, 2.75) is 90.5 Å². The smallest absolute Gasteiger partial charge is 0.330 e. The molecule has 0 aromatic carbocycles. The third-order valence-corrected chi connectivity index (χ3v) is 8.50. The van der Waals surface area contributed by atoms with E-state index in [2.05, 4.69) is 16.9 Å². The summed E-state index contributed by atoms with van der Waals surface area (Å²) in [6.07, 6.45) is 9.41. The van der Waals surface area contributed by atoms with Gasteiger partial charge in [-0.15, -0.1) is 0 Å². The van der Waals surface area contributed by atoms with Crippen molar-refractivity contribution in [3.8, 4) is 0 Å². The van der Waals surface area contributed by atoms with Gasteiger partial charge in [0.05, 0.1) is 6.42 Å². The molecule has 3 N–H and O–H groups in total. The molecule has 3 unspecified atom stereocenters. The summed E-state index contributed by atoms with van der Waals surface area (Å²) in [5, 5.41) is 9.66. The van der Waals surface area contributed by atoms with Gasteiger partial charge in [0.25, 0.3) is 5.56 Å². The van der Waals surface area contributed by atoms with E-state index in [-0.39, 0.29) is 23.2 Å². The van der Waals surface area contributed by atoms with Gasteiger partial charge in [-0.25, -0.2) is 9.78 Å². The Hall–Kier alpha value is -2.38. The number of carboxylic acid groups (broad SMARTS) is 1. The zero-order valence-corrected chi connectivity index (χ0v) is 19.1. The summed E-state index contributed by atoms with van der Waals surface area (Å²) < 4.78 is 1.56. The van der Waals surface area contributed by atoms with E-state index in [0.717, 1.165) is 57.2 Å². The molecule has 4 bridgehead atoms. The molecule has 4 aliphatic carbocycles. The number of nitrogens with one attached hydrogen (secondary N) is 2. The third kappa shape index (κ3) is 3.33. The molecular formula is C24H34N4O4. The van der Waals surface area contributed by atoms with Crippen LogP contribution in [-0.4, -0.2) is 30.6 Å². The van der Waals surface area contributed by atoms with E-state index in [1.54, 1.807) is 4.57 Å². The van der Waals surface area contributed by atoms with Gasteiger partial charge >= 0.3 is 11.7 Å². The van der Waals surface area contributed by atoms with Crippen LogP contribution in [0.1, 0.15) is 89.8 Å². The molecule has 4 fully saturated rings. The van der Waals surface area contributed by atoms with E-state index in [9.17, 15) is 19.5 Å². The van der Waals surface area contributed by atoms with Crippen molar-refractivity contribution in [3.05, 3.63) is 26.7 Å². The summed E-state index contributed by atoms with van der Waals surface area (Å²) in [6, 6.07) is 0. The van der Waals surface area contributed by atoms with Crippen LogP contribution in [0.5, 0.6) is 0 Å². The van der Waals surface area contributed by atoms with Crippen LogP contribution in [0, 0.1) is 22.7 Å². The Bertz CT molecular complexity index is 1140. The van der Waals surface area contributed by atoms with Gasteiger partial charge in [0.15, 0.2) is 5.65 Å². The molecule has 4 aliphatic rings. The van der Waals surface area contributed by atoms with Gasteiger partial charge in [-0.3, -0.25) is 19.1 Å². The molecule has 0 radical (unpaired) electrons. The molecule has 2 aromatic heterocycles. The number of imidazole rings is 1. The van der Waals surface area contributed by atoms with Gasteiger partial charge in [0.2, 0.25) is 0 Å². The summed E-state index contributed by atoms with van der Waals surface area (Å²) in [5.41, 5.74) is -0.0911. The van der Waals surface area contributed by atoms with Gasteiger partial charge < -0.3 is 10.1 Å². The lowest BCUT2D eigenvalue weighted by atomic mass is 9.41. The largest absolute Gasteiger partial charge is 0.481 e. The maximum absolute atomic E-state index is 12.6. The van der Waals surface area contributed by atoms with Gasteiger partial charge in [0.1, 0.15) is 11.3 Å². The van der Waals surface area contributed by atoms with Crippen LogP contribution in [0.4, 0.5) is 0 Å². The molecule has 0 amide bonds. The molecule has 6 rings (SSSR count). The zero-order chi connectivity index (χ0) is 22.7. The number of aryl methyl sites for hydroxylation is 1. The molecule has 8 heteroatoms. The highest BCUT2D eigenvalue weighted by atomic mass is 16.4. The number of aromatic amines is 2. The third-order valence-electron chi connectivity index (χ3n) is 8.50. The number of aliphatic carboxylic acids is 1. The zero-order valence-electron chi connectivity index (χ0n) is 19.1. The van der Waals surface area contributed by atoms with Crippen LogP contribution in [0.3, 0.4) is 0 Å². The molecule has 32 heavy (non-hydrogen) atoms. The average molecular weight is 443 g/mol. The van der Waals surface area contributed by atoms with Crippen LogP contribution in [0.15, 0.2) is 9.59 Å². The number of H-pyrrole nitrogens is 2. The van der Waals surface area contributed by atoms with Crippen LogP contribution in [0.2, 0.25) is 0 Å². The minimum absolute atomic E-state index is 0.0199. The number of rotatable bonds is 8. The van der Waals surface area contributed by atoms with Gasteiger partial charge in [-0.05, 0) is 74.0 Å². The van der Waals surface area contributed by atoms with Crippen LogP contribution in [-0.2, 0) is 11.3 Å². The molecule has 2 aromatic rings. The van der Waals surface area contributed by atoms with E-state index in [0.29, 0.717) is 29.5 Å². The first-order valence-corrected chi connectivity index (χ1v) is 12.2. The number of hydrogen-bond donors (Lipinski definition) is 3. The standard InChI is InChI=1S/C24H34N4O4/c1-3-5-16(19-25-18-20(26-19)28(6-4-2)22(32)27-21(18)31)24-10-14-7-15(11-24)9-23(8-14,13-24)12-17(29)30/h14-16H,3-13H2,1-2H3,(H,25,26)(H,29,30)(H,27,31,32). The topological polar surface area (TPSA) is 121 Å². The first-order chi connectivity index (χ1) is 15.3. The molecule has 2 heterocycles. The highest BCUT2D eigenvalue weighted by Crippen LogP contribution is 2.70. The van der Waals surface area contributed by atoms with Crippen LogP contribution in [0.25, 0.3) is 11.2 Å². The lowest BCUT2D eigenvalue weighted by Crippen LogP contribution is -2.54. The van der Waals surface area contributed by atoms with Crippen molar-refractivity contribution in [1.29, 1.82) is 0 Å². The molecule has 0 spiro atoms. The number of fused-ring (bicyclic) bond motifs is 1. The van der Waals surface area contributed by atoms with E-state index in [1.165, 1.54) is 6.42 Å². The summed E-state index contributed by atoms with van der Waals surface area (Å²) in [4.78, 5) is 47.4. The van der Waals surface area contributed by atoms with E-state index < -0.39 is 17.2 Å². The van der Waals surface area contributed by atoms with Crippen molar-refractivity contribution in [3.63, 3.8) is 0 Å². The SMILES string of the molecule is CCCC(c1nc2c([nH]1)c(=O)[nH]c(=O)n2CCC)C12CC3CC(CC(CC(=O)O)(C3)C1)C2. The van der Waals surface area contributed by atoms with Crippen LogP contribution >= 0.6 is 0 Å². The minimum Gasteiger partial charge on any atom is -0.481 e. The Morgan fingerprint density at radius 2 is 1.88 bits per heavy atom. The number of hydrogen-bond acceptors (Lipinski definition) is 4. The number of carboxylic acids is 1. The Labute approximate surface area is 186 Å². The molecule has 8 nitrogen and oxygen atoms in total. The fourth-order valence-corrected chi connectivity index (χ4v) is 8.14. The first-order valence-electron chi connectivity index (χ1n) is 12.2. The minimum atomic E-state index is -0.687. The van der Waals surface area contributed by atoms with E-state index in [4.69, 9.17) is 4.98 Å². The molecule has 0 saturated heterocycles. The second-order valence-corrected chi connectivity index (χ2v) is 11.0. The molecular weight excluding hydrogens is 408 g/mol. The fourth-order valence-electron chi connectivity index (χ4n) is 8.14. The van der Waals surface area contributed by atoms with Crippen molar-refractivity contribution in [2.24, 2.45) is 22.7 Å². The number of aromatic nitrogens is 4. The Kier molecular flexibility index (Phi) is 5.09. The van der Waals surface area contributed by atoms with Gasteiger partial charge in [-0.1, -0.05) is 20.3 Å².